The molecule has 0 aliphatic heterocycles. The van der Waals surface area contributed by atoms with Crippen LogP contribution in [0.1, 0.15) is 64.9 Å². The molecule has 0 spiro atoms. The Labute approximate surface area is 179 Å². The summed E-state index contributed by atoms with van der Waals surface area (Å²) < 4.78 is 5.15. The van der Waals surface area contributed by atoms with E-state index in [2.05, 4.69) is 27.8 Å². The van der Waals surface area contributed by atoms with Crippen LogP contribution in [0.5, 0.6) is 0 Å². The number of ether oxygens (including phenoxy) is 1. The lowest BCUT2D eigenvalue weighted by atomic mass is 9.85. The number of benzene rings is 1. The molecule has 2 radical (unpaired) electrons. The number of hydrogen-bond acceptors (Lipinski definition) is 2. The summed E-state index contributed by atoms with van der Waals surface area (Å²) in [6, 6.07) is 7.69. The Morgan fingerprint density at radius 3 is 1.96 bits per heavy atom. The first-order valence-corrected chi connectivity index (χ1v) is 13.5. The topological polar surface area (TPSA) is 26.3 Å². The van der Waals surface area contributed by atoms with Crippen molar-refractivity contribution in [3.05, 3.63) is 40.9 Å². The highest BCUT2D eigenvalue weighted by atomic mass is 35.5. The quantitative estimate of drug-likeness (QED) is 0.178. The zero-order chi connectivity index (χ0) is 20.8. The van der Waals surface area contributed by atoms with E-state index in [0.717, 1.165) is 10.6 Å². The van der Waals surface area contributed by atoms with Crippen LogP contribution in [-0.4, -0.2) is 38.6 Å². The first-order valence-electron chi connectivity index (χ1n) is 10.7. The van der Waals surface area contributed by atoms with E-state index in [1.807, 2.05) is 36.4 Å². The van der Waals surface area contributed by atoms with Crippen LogP contribution in [-0.2, 0) is 9.53 Å². The van der Waals surface area contributed by atoms with E-state index in [0.29, 0.717) is 0 Å². The molecule has 5 heteroatoms. The number of unbranched alkanes of at least 4 members (excludes halogenated alkanes) is 3. The van der Waals surface area contributed by atoms with Gasteiger partial charge in [0.2, 0.25) is 0 Å². The summed E-state index contributed by atoms with van der Waals surface area (Å²) in [5.74, 6) is -0.432. The molecule has 1 unspecified atom stereocenters. The highest BCUT2D eigenvalue weighted by Gasteiger charge is 2.28. The normalized spacial score (nSPS) is 13.0. The van der Waals surface area contributed by atoms with Gasteiger partial charge in [-0.2, -0.15) is 0 Å². The summed E-state index contributed by atoms with van der Waals surface area (Å²) in [5, 5.41) is 0.719. The molecule has 0 bridgehead atoms. The predicted octanol–water partition coefficient (Wildman–Crippen LogP) is 7.35. The second kappa shape index (κ2) is 14.2. The van der Waals surface area contributed by atoms with E-state index < -0.39 is 7.14 Å². The van der Waals surface area contributed by atoms with Gasteiger partial charge in [0.25, 0.3) is 5.97 Å². The molecule has 1 atom stereocenters. The Kier molecular flexibility index (Phi) is 12.8. The third kappa shape index (κ3) is 9.14. The standard InChI is InChI=1S/C23H37BClO2P/c1-5-8-17-28(18-9-6-2,19-10-7-3)24-22(23(26)27-4)16-13-20-11-14-21(25)15-12-20/h11-16,22H,5-10,17-19H2,1-4H3/b16-13+. The molecular formula is C23H37BClO2P. The summed E-state index contributed by atoms with van der Waals surface area (Å²) in [6.07, 6.45) is 15.1. The van der Waals surface area contributed by atoms with Gasteiger partial charge in [-0.25, -0.2) is 7.14 Å². The van der Waals surface area contributed by atoms with Crippen LogP contribution >= 0.6 is 18.7 Å². The molecule has 0 amide bonds. The number of methoxy groups -OCH3 is 1. The minimum Gasteiger partial charge on any atom is -0.471 e. The van der Waals surface area contributed by atoms with Crippen molar-refractivity contribution in [3.63, 3.8) is 0 Å². The Bertz CT molecular complexity index is 567. The van der Waals surface area contributed by atoms with Gasteiger partial charge in [-0.15, -0.1) is 6.08 Å². The van der Waals surface area contributed by atoms with Gasteiger partial charge in [-0.3, -0.25) is 4.79 Å². The molecule has 1 rings (SSSR count). The van der Waals surface area contributed by atoms with Gasteiger partial charge in [-0.1, -0.05) is 82.7 Å². The maximum absolute atomic E-state index is 12.6. The smallest absolute Gasteiger partial charge is 0.274 e. The molecule has 0 saturated carbocycles. The van der Waals surface area contributed by atoms with E-state index in [1.54, 1.807) is 0 Å². The number of halogens is 1. The molecule has 0 aliphatic rings. The van der Waals surface area contributed by atoms with Gasteiger partial charge in [0.1, 0.15) is 0 Å². The first-order chi connectivity index (χ1) is 13.5. The lowest BCUT2D eigenvalue weighted by Crippen LogP contribution is -2.23. The van der Waals surface area contributed by atoms with E-state index in [-0.39, 0.29) is 11.8 Å². The van der Waals surface area contributed by atoms with Crippen LogP contribution in [0.2, 0.25) is 10.8 Å². The van der Waals surface area contributed by atoms with Crippen LogP contribution in [0.3, 0.4) is 0 Å². The van der Waals surface area contributed by atoms with Gasteiger partial charge in [0.05, 0.1) is 7.11 Å². The minimum absolute atomic E-state index is 0.154. The van der Waals surface area contributed by atoms with Crippen LogP contribution in [0.15, 0.2) is 30.3 Å². The third-order valence-corrected chi connectivity index (χ3v) is 10.0. The summed E-state index contributed by atoms with van der Waals surface area (Å²) in [4.78, 5) is 12.6. The fraction of sp³-hybridized carbons (Fsp3) is 0.609. The van der Waals surface area contributed by atoms with Crippen LogP contribution < -0.4 is 0 Å². The van der Waals surface area contributed by atoms with Gasteiger partial charge < -0.3 is 4.74 Å². The molecule has 1 aromatic carbocycles. The van der Waals surface area contributed by atoms with Crippen molar-refractivity contribution in [2.45, 2.75) is 65.1 Å². The number of carbonyl (C=O) groups excluding carboxylic acids is 1. The lowest BCUT2D eigenvalue weighted by Gasteiger charge is -2.42. The fourth-order valence-electron chi connectivity index (χ4n) is 3.43. The zero-order valence-corrected chi connectivity index (χ0v) is 19.8. The van der Waals surface area contributed by atoms with Crippen molar-refractivity contribution in [1.29, 1.82) is 0 Å². The van der Waals surface area contributed by atoms with Gasteiger partial charge >= 0.3 is 0 Å². The molecule has 0 aliphatic carbocycles. The molecule has 28 heavy (non-hydrogen) atoms. The Morgan fingerprint density at radius 1 is 1.04 bits per heavy atom. The van der Waals surface area contributed by atoms with Crippen molar-refractivity contribution in [2.75, 3.05) is 25.6 Å². The molecule has 0 saturated heterocycles. The summed E-state index contributed by atoms with van der Waals surface area (Å²) >= 11 is 5.98. The molecule has 156 valence electrons. The highest BCUT2D eigenvalue weighted by molar-refractivity contribution is 8.00. The maximum Gasteiger partial charge on any atom is 0.274 e. The predicted molar refractivity (Wildman–Crippen MR) is 128 cm³/mol. The van der Waals surface area contributed by atoms with E-state index in [4.69, 9.17) is 16.3 Å². The molecule has 2 nitrogen and oxygen atoms in total. The van der Waals surface area contributed by atoms with Crippen LogP contribution in [0.25, 0.3) is 6.08 Å². The van der Waals surface area contributed by atoms with Crippen LogP contribution in [0, 0.1) is 0 Å². The summed E-state index contributed by atoms with van der Waals surface area (Å²) in [7, 11) is 0.193. The molecule has 0 aromatic heterocycles. The van der Waals surface area contributed by atoms with Crippen molar-refractivity contribution in [2.24, 2.45) is 0 Å². The summed E-state index contributed by atoms with van der Waals surface area (Å²) in [5.41, 5.74) is 1.05. The molecule has 0 N–H and O–H groups in total. The van der Waals surface area contributed by atoms with Crippen molar-refractivity contribution >= 4 is 37.8 Å². The Morgan fingerprint density at radius 2 is 1.54 bits per heavy atom. The largest absolute Gasteiger partial charge is 0.471 e. The van der Waals surface area contributed by atoms with Gasteiger partial charge in [-0.05, 0) is 37.0 Å². The number of hydrogen-bond donors (Lipinski definition) is 0. The molecular weight excluding hydrogens is 385 g/mol. The van der Waals surface area contributed by atoms with Gasteiger partial charge in [0.15, 0.2) is 0 Å². The SMILES string of the molecule is CCCC[P+]([B-]C(/C=C/c1ccc(Cl)cc1)C(=O)OC)(CCCC)CCCC. The average molecular weight is 423 g/mol. The molecule has 0 fully saturated rings. The number of esters is 1. The Balaban J connectivity index is 3.08. The Hall–Kier alpha value is -0.785. The number of rotatable bonds is 14. The van der Waals surface area contributed by atoms with Crippen molar-refractivity contribution < 1.29 is 9.53 Å². The lowest BCUT2D eigenvalue weighted by molar-refractivity contribution is -0.139. The fourth-order valence-corrected chi connectivity index (χ4v) is 8.42. The second-order valence-electron chi connectivity index (χ2n) is 7.56. The van der Waals surface area contributed by atoms with Crippen LogP contribution in [0.4, 0.5) is 0 Å². The molecule has 1 aromatic rings. The van der Waals surface area contributed by atoms with E-state index in [1.165, 1.54) is 64.1 Å². The van der Waals surface area contributed by atoms with Crippen molar-refractivity contribution in [3.8, 4) is 0 Å². The third-order valence-electron chi connectivity index (χ3n) is 5.19. The monoisotopic (exact) mass is 422 g/mol. The second-order valence-corrected chi connectivity index (χ2v) is 12.1. The van der Waals surface area contributed by atoms with Crippen molar-refractivity contribution in [1.82, 2.24) is 0 Å². The summed E-state index contributed by atoms with van der Waals surface area (Å²) in [6.45, 7) is 9.18. The highest BCUT2D eigenvalue weighted by Crippen LogP contribution is 2.61. The number of carbonyl (C=O) groups is 1. The first kappa shape index (κ1) is 25.3. The van der Waals surface area contributed by atoms with Gasteiger partial charge in [0, 0.05) is 23.5 Å². The zero-order valence-electron chi connectivity index (χ0n) is 18.1. The minimum atomic E-state index is -1.30. The van der Waals surface area contributed by atoms with E-state index >= 15 is 0 Å². The maximum atomic E-state index is 12.6. The average Bonchev–Trinajstić information content (AvgIpc) is 2.72. The van der Waals surface area contributed by atoms with E-state index in [9.17, 15) is 4.79 Å². The molecule has 0 heterocycles.